The van der Waals surface area contributed by atoms with Crippen molar-refractivity contribution in [3.63, 3.8) is 0 Å². The highest BCUT2D eigenvalue weighted by Gasteiger charge is 2.25. The lowest BCUT2D eigenvalue weighted by atomic mass is 9.83. The van der Waals surface area contributed by atoms with Gasteiger partial charge in [0.15, 0.2) is 0 Å². The Bertz CT molecular complexity index is 174. The minimum Gasteiger partial charge on any atom is -0.370 e. The Hall–Kier alpha value is -0.570. The van der Waals surface area contributed by atoms with Crippen LogP contribution in [-0.4, -0.2) is 18.0 Å². The van der Waals surface area contributed by atoms with Crippen molar-refractivity contribution >= 4 is 5.91 Å². The first kappa shape index (κ1) is 10.5. The highest BCUT2D eigenvalue weighted by Crippen LogP contribution is 2.27. The van der Waals surface area contributed by atoms with Gasteiger partial charge in [-0.25, -0.2) is 0 Å². The summed E-state index contributed by atoms with van der Waals surface area (Å²) in [6, 6.07) is 0. The highest BCUT2D eigenvalue weighted by atomic mass is 16.1. The fourth-order valence-corrected chi connectivity index (χ4v) is 2.00. The van der Waals surface area contributed by atoms with E-state index in [2.05, 4.69) is 12.2 Å². The summed E-state index contributed by atoms with van der Waals surface area (Å²) in [5.41, 5.74) is 5.33. The third kappa shape index (κ3) is 3.77. The summed E-state index contributed by atoms with van der Waals surface area (Å²) in [5.74, 6) is -0.216. The van der Waals surface area contributed by atoms with Gasteiger partial charge in [-0.2, -0.15) is 0 Å². The fraction of sp³-hybridized carbons (Fsp3) is 0.900. The number of hydrogen-bond acceptors (Lipinski definition) is 2. The van der Waals surface area contributed by atoms with Gasteiger partial charge in [-0.15, -0.1) is 0 Å². The lowest BCUT2D eigenvalue weighted by molar-refractivity contribution is -0.118. The number of carbonyl (C=O) groups is 1. The number of hydrogen-bond donors (Lipinski definition) is 2. The van der Waals surface area contributed by atoms with Gasteiger partial charge >= 0.3 is 0 Å². The normalized spacial score (nSPS) is 21.3. The van der Waals surface area contributed by atoms with Crippen LogP contribution in [0.1, 0.15) is 45.4 Å². The molecule has 0 saturated heterocycles. The van der Waals surface area contributed by atoms with Gasteiger partial charge in [0.1, 0.15) is 0 Å². The molecule has 3 nitrogen and oxygen atoms in total. The zero-order chi connectivity index (χ0) is 9.73. The van der Waals surface area contributed by atoms with Crippen molar-refractivity contribution in [2.75, 3.05) is 6.54 Å². The second-order valence-corrected chi connectivity index (χ2v) is 4.26. The van der Waals surface area contributed by atoms with Crippen LogP contribution < -0.4 is 11.1 Å². The predicted molar refractivity (Wildman–Crippen MR) is 53.3 cm³/mol. The van der Waals surface area contributed by atoms with Gasteiger partial charge in [0.05, 0.1) is 0 Å². The molecule has 0 spiro atoms. The van der Waals surface area contributed by atoms with Crippen molar-refractivity contribution in [3.8, 4) is 0 Å². The minimum absolute atomic E-state index is 0.216. The van der Waals surface area contributed by atoms with Crippen LogP contribution in [0.4, 0.5) is 0 Å². The molecule has 0 aliphatic heterocycles. The molecule has 0 unspecified atom stereocenters. The van der Waals surface area contributed by atoms with Crippen molar-refractivity contribution in [1.82, 2.24) is 5.32 Å². The van der Waals surface area contributed by atoms with E-state index in [1.165, 1.54) is 32.1 Å². The molecule has 76 valence electrons. The molecule has 1 amide bonds. The number of rotatable bonds is 4. The summed E-state index contributed by atoms with van der Waals surface area (Å²) in [6.07, 6.45) is 6.88. The molecule has 13 heavy (non-hydrogen) atoms. The van der Waals surface area contributed by atoms with Crippen molar-refractivity contribution < 1.29 is 4.79 Å². The van der Waals surface area contributed by atoms with E-state index < -0.39 is 0 Å². The number of carbonyl (C=O) groups excluding carboxylic acids is 1. The molecule has 1 saturated carbocycles. The first-order valence-electron chi connectivity index (χ1n) is 5.16. The standard InChI is InChI=1S/C10H20N2O/c1-10(6-3-2-4-7-10)12-8-5-9(11)13/h12H,2-8H2,1H3,(H2,11,13). The van der Waals surface area contributed by atoms with Crippen LogP contribution in [0, 0.1) is 0 Å². The van der Waals surface area contributed by atoms with Crippen molar-refractivity contribution in [2.45, 2.75) is 51.0 Å². The van der Waals surface area contributed by atoms with E-state index in [-0.39, 0.29) is 11.4 Å². The van der Waals surface area contributed by atoms with E-state index in [1.54, 1.807) is 0 Å². The fourth-order valence-electron chi connectivity index (χ4n) is 2.00. The molecule has 1 aliphatic carbocycles. The molecular formula is C10H20N2O. The van der Waals surface area contributed by atoms with E-state index >= 15 is 0 Å². The van der Waals surface area contributed by atoms with E-state index in [1.807, 2.05) is 0 Å². The largest absolute Gasteiger partial charge is 0.370 e. The average Bonchev–Trinajstić information content (AvgIpc) is 2.04. The van der Waals surface area contributed by atoms with Gasteiger partial charge in [0.25, 0.3) is 0 Å². The lowest BCUT2D eigenvalue weighted by Gasteiger charge is -2.34. The molecule has 3 N–H and O–H groups in total. The van der Waals surface area contributed by atoms with Crippen molar-refractivity contribution in [1.29, 1.82) is 0 Å². The Labute approximate surface area is 80.1 Å². The van der Waals surface area contributed by atoms with Crippen LogP contribution in [-0.2, 0) is 4.79 Å². The highest BCUT2D eigenvalue weighted by molar-refractivity contribution is 5.73. The number of nitrogens with two attached hydrogens (primary N) is 1. The van der Waals surface area contributed by atoms with E-state index in [0.717, 1.165) is 6.54 Å². The maximum absolute atomic E-state index is 10.5. The van der Waals surface area contributed by atoms with Crippen LogP contribution in [0.2, 0.25) is 0 Å². The third-order valence-electron chi connectivity index (χ3n) is 2.88. The second kappa shape index (κ2) is 4.61. The van der Waals surface area contributed by atoms with Gasteiger partial charge in [0, 0.05) is 18.5 Å². The Kier molecular flexibility index (Phi) is 3.72. The minimum atomic E-state index is -0.216. The quantitative estimate of drug-likeness (QED) is 0.689. The number of nitrogens with one attached hydrogen (secondary N) is 1. The zero-order valence-corrected chi connectivity index (χ0v) is 8.44. The van der Waals surface area contributed by atoms with Crippen LogP contribution in [0.15, 0.2) is 0 Å². The topological polar surface area (TPSA) is 55.1 Å². The van der Waals surface area contributed by atoms with E-state index in [0.29, 0.717) is 6.42 Å². The summed E-state index contributed by atoms with van der Waals surface area (Å²) in [7, 11) is 0. The van der Waals surface area contributed by atoms with Gasteiger partial charge in [-0.05, 0) is 19.8 Å². The van der Waals surface area contributed by atoms with Crippen LogP contribution in [0.3, 0.4) is 0 Å². The molecule has 1 rings (SSSR count). The Balaban J connectivity index is 2.21. The van der Waals surface area contributed by atoms with Gasteiger partial charge < -0.3 is 11.1 Å². The summed E-state index contributed by atoms with van der Waals surface area (Å²) >= 11 is 0. The Morgan fingerprint density at radius 1 is 1.38 bits per heavy atom. The zero-order valence-electron chi connectivity index (χ0n) is 8.44. The van der Waals surface area contributed by atoms with Gasteiger partial charge in [-0.3, -0.25) is 4.79 Å². The second-order valence-electron chi connectivity index (χ2n) is 4.26. The molecule has 0 aromatic carbocycles. The smallest absolute Gasteiger partial charge is 0.218 e. The Morgan fingerprint density at radius 3 is 2.54 bits per heavy atom. The third-order valence-corrected chi connectivity index (χ3v) is 2.88. The molecule has 0 bridgehead atoms. The van der Waals surface area contributed by atoms with Gasteiger partial charge in [-0.1, -0.05) is 19.3 Å². The Morgan fingerprint density at radius 2 is 2.00 bits per heavy atom. The molecule has 0 aromatic rings. The van der Waals surface area contributed by atoms with Crippen molar-refractivity contribution in [2.24, 2.45) is 5.73 Å². The van der Waals surface area contributed by atoms with E-state index in [9.17, 15) is 4.79 Å². The van der Waals surface area contributed by atoms with Crippen LogP contribution >= 0.6 is 0 Å². The first-order valence-corrected chi connectivity index (χ1v) is 5.16. The average molecular weight is 184 g/mol. The molecule has 3 heteroatoms. The van der Waals surface area contributed by atoms with Crippen LogP contribution in [0.5, 0.6) is 0 Å². The first-order chi connectivity index (χ1) is 6.12. The molecule has 1 aliphatic rings. The molecule has 0 radical (unpaired) electrons. The summed E-state index contributed by atoms with van der Waals surface area (Å²) in [5, 5.41) is 3.43. The number of primary amides is 1. The predicted octanol–water partition coefficient (Wildman–Crippen LogP) is 1.17. The summed E-state index contributed by atoms with van der Waals surface area (Å²) in [6.45, 7) is 2.97. The summed E-state index contributed by atoms with van der Waals surface area (Å²) < 4.78 is 0. The summed E-state index contributed by atoms with van der Waals surface area (Å²) in [4.78, 5) is 10.5. The number of amides is 1. The molecule has 0 aromatic heterocycles. The van der Waals surface area contributed by atoms with E-state index in [4.69, 9.17) is 5.73 Å². The van der Waals surface area contributed by atoms with Crippen molar-refractivity contribution in [3.05, 3.63) is 0 Å². The van der Waals surface area contributed by atoms with Crippen LogP contribution in [0.25, 0.3) is 0 Å². The molecule has 0 atom stereocenters. The monoisotopic (exact) mass is 184 g/mol. The molecular weight excluding hydrogens is 164 g/mol. The van der Waals surface area contributed by atoms with Gasteiger partial charge in [0.2, 0.25) is 5.91 Å². The molecule has 0 heterocycles. The maximum atomic E-state index is 10.5. The lowest BCUT2D eigenvalue weighted by Crippen LogP contribution is -2.44. The molecule has 1 fully saturated rings. The SMILES string of the molecule is CC1(NCCC(N)=O)CCCCC1. The maximum Gasteiger partial charge on any atom is 0.218 e.